The van der Waals surface area contributed by atoms with E-state index in [1.54, 1.807) is 0 Å². The van der Waals surface area contributed by atoms with Gasteiger partial charge < -0.3 is 15.2 Å². The number of nitrogens with one attached hydrogen (secondary N) is 1. The van der Waals surface area contributed by atoms with E-state index >= 15 is 0 Å². The number of ether oxygens (including phenoxy) is 1. The Labute approximate surface area is 117 Å². The quantitative estimate of drug-likeness (QED) is 0.631. The third-order valence-corrected chi connectivity index (χ3v) is 3.78. The molecule has 0 aliphatic heterocycles. The molecular weight excluding hydrogens is 238 g/mol. The van der Waals surface area contributed by atoms with Crippen LogP contribution in [-0.4, -0.2) is 37.0 Å². The summed E-state index contributed by atoms with van der Waals surface area (Å²) >= 11 is 0. The van der Waals surface area contributed by atoms with Crippen molar-refractivity contribution in [2.45, 2.75) is 45.3 Å². The topological polar surface area (TPSA) is 41.5 Å². The van der Waals surface area contributed by atoms with Crippen molar-refractivity contribution in [2.24, 2.45) is 11.8 Å². The Morgan fingerprint density at radius 1 is 1.47 bits per heavy atom. The standard InChI is InChI=1S/C16H29NO2/c1-4-7-14(3)17-10-16(18)12-19-11-15-9-6-5-8-13(15)2/h4-6,13-18H,1,7-12H2,2-3H3. The van der Waals surface area contributed by atoms with E-state index in [1.807, 2.05) is 6.08 Å². The largest absolute Gasteiger partial charge is 0.389 e. The molecule has 1 rings (SSSR count). The van der Waals surface area contributed by atoms with Crippen molar-refractivity contribution in [1.29, 1.82) is 0 Å². The molecule has 0 aromatic heterocycles. The summed E-state index contributed by atoms with van der Waals surface area (Å²) in [6, 6.07) is 0.357. The molecule has 0 spiro atoms. The Balaban J connectivity index is 2.08. The van der Waals surface area contributed by atoms with E-state index in [9.17, 15) is 5.11 Å². The van der Waals surface area contributed by atoms with Gasteiger partial charge >= 0.3 is 0 Å². The number of rotatable bonds is 9. The van der Waals surface area contributed by atoms with Crippen LogP contribution in [0.4, 0.5) is 0 Å². The SMILES string of the molecule is C=CCC(C)NCC(O)COCC1CC=CCC1C. The summed E-state index contributed by atoms with van der Waals surface area (Å²) in [6.45, 7) is 9.81. The van der Waals surface area contributed by atoms with Crippen LogP contribution in [0, 0.1) is 11.8 Å². The van der Waals surface area contributed by atoms with Gasteiger partial charge in [-0.25, -0.2) is 0 Å². The lowest BCUT2D eigenvalue weighted by Gasteiger charge is -2.25. The van der Waals surface area contributed by atoms with Gasteiger partial charge in [0.25, 0.3) is 0 Å². The van der Waals surface area contributed by atoms with E-state index in [4.69, 9.17) is 4.74 Å². The molecule has 0 bridgehead atoms. The van der Waals surface area contributed by atoms with E-state index in [0.29, 0.717) is 31.0 Å². The Kier molecular flexibility index (Phi) is 8.03. The first-order chi connectivity index (χ1) is 9.13. The van der Waals surface area contributed by atoms with Crippen LogP contribution in [0.1, 0.15) is 33.1 Å². The van der Waals surface area contributed by atoms with Gasteiger partial charge in [-0.2, -0.15) is 0 Å². The van der Waals surface area contributed by atoms with Crippen molar-refractivity contribution in [3.05, 3.63) is 24.8 Å². The minimum Gasteiger partial charge on any atom is -0.389 e. The van der Waals surface area contributed by atoms with Gasteiger partial charge in [-0.05, 0) is 38.0 Å². The summed E-state index contributed by atoms with van der Waals surface area (Å²) in [4.78, 5) is 0. The minimum atomic E-state index is -0.429. The molecule has 0 radical (unpaired) electrons. The lowest BCUT2D eigenvalue weighted by Crippen LogP contribution is -2.36. The highest BCUT2D eigenvalue weighted by molar-refractivity contribution is 4.93. The second-order valence-corrected chi connectivity index (χ2v) is 5.71. The molecule has 3 nitrogen and oxygen atoms in total. The Bertz CT molecular complexity index is 278. The molecule has 3 heteroatoms. The van der Waals surface area contributed by atoms with Gasteiger partial charge in [0.05, 0.1) is 19.3 Å². The molecule has 0 aromatic rings. The second kappa shape index (κ2) is 9.29. The zero-order valence-electron chi connectivity index (χ0n) is 12.3. The van der Waals surface area contributed by atoms with Gasteiger partial charge in [0.15, 0.2) is 0 Å². The smallest absolute Gasteiger partial charge is 0.0897 e. The van der Waals surface area contributed by atoms with E-state index in [-0.39, 0.29) is 0 Å². The van der Waals surface area contributed by atoms with Gasteiger partial charge in [0.2, 0.25) is 0 Å². The van der Waals surface area contributed by atoms with Crippen LogP contribution in [0.3, 0.4) is 0 Å². The maximum atomic E-state index is 9.83. The molecule has 0 saturated heterocycles. The number of hydrogen-bond donors (Lipinski definition) is 2. The first kappa shape index (κ1) is 16.4. The highest BCUT2D eigenvalue weighted by Gasteiger charge is 2.18. The van der Waals surface area contributed by atoms with Crippen LogP contribution in [0.2, 0.25) is 0 Å². The molecule has 1 aliphatic carbocycles. The van der Waals surface area contributed by atoms with Crippen molar-refractivity contribution >= 4 is 0 Å². The van der Waals surface area contributed by atoms with Gasteiger partial charge in [-0.3, -0.25) is 0 Å². The monoisotopic (exact) mass is 267 g/mol. The Morgan fingerprint density at radius 2 is 2.21 bits per heavy atom. The Hall–Kier alpha value is -0.640. The summed E-state index contributed by atoms with van der Waals surface area (Å²) in [5, 5.41) is 13.1. The predicted octanol–water partition coefficient (Wildman–Crippen LogP) is 2.52. The highest BCUT2D eigenvalue weighted by Crippen LogP contribution is 2.24. The van der Waals surface area contributed by atoms with Crippen LogP contribution >= 0.6 is 0 Å². The normalized spacial score (nSPS) is 26.1. The molecule has 0 saturated carbocycles. The van der Waals surface area contributed by atoms with Crippen LogP contribution < -0.4 is 5.32 Å². The molecule has 0 fully saturated rings. The van der Waals surface area contributed by atoms with Gasteiger partial charge in [-0.15, -0.1) is 6.58 Å². The molecular formula is C16H29NO2. The summed E-state index contributed by atoms with van der Waals surface area (Å²) in [5.74, 6) is 1.29. The third-order valence-electron chi connectivity index (χ3n) is 3.78. The zero-order valence-corrected chi connectivity index (χ0v) is 12.3. The van der Waals surface area contributed by atoms with Crippen LogP contribution in [0.15, 0.2) is 24.8 Å². The third kappa shape index (κ3) is 6.90. The maximum absolute atomic E-state index is 9.83. The van der Waals surface area contributed by atoms with E-state index in [2.05, 4.69) is 37.9 Å². The molecule has 110 valence electrons. The lowest BCUT2D eigenvalue weighted by molar-refractivity contribution is 0.0121. The first-order valence-electron chi connectivity index (χ1n) is 7.38. The van der Waals surface area contributed by atoms with E-state index < -0.39 is 6.10 Å². The molecule has 0 amide bonds. The second-order valence-electron chi connectivity index (χ2n) is 5.71. The number of hydrogen-bond acceptors (Lipinski definition) is 3. The molecule has 19 heavy (non-hydrogen) atoms. The summed E-state index contributed by atoms with van der Waals surface area (Å²) in [6.07, 6.45) is 9.12. The van der Waals surface area contributed by atoms with Crippen molar-refractivity contribution in [2.75, 3.05) is 19.8 Å². The molecule has 0 aromatic carbocycles. The average Bonchev–Trinajstić information content (AvgIpc) is 2.39. The minimum absolute atomic E-state index is 0.357. The Morgan fingerprint density at radius 3 is 2.89 bits per heavy atom. The van der Waals surface area contributed by atoms with Crippen LogP contribution in [0.25, 0.3) is 0 Å². The van der Waals surface area contributed by atoms with E-state index in [1.165, 1.54) is 0 Å². The molecule has 2 N–H and O–H groups in total. The van der Waals surface area contributed by atoms with Crippen molar-refractivity contribution in [3.8, 4) is 0 Å². The maximum Gasteiger partial charge on any atom is 0.0897 e. The number of aliphatic hydroxyl groups excluding tert-OH is 1. The predicted molar refractivity (Wildman–Crippen MR) is 80.1 cm³/mol. The zero-order chi connectivity index (χ0) is 14.1. The average molecular weight is 267 g/mol. The van der Waals surface area contributed by atoms with Crippen molar-refractivity contribution in [3.63, 3.8) is 0 Å². The number of aliphatic hydroxyl groups is 1. The fraction of sp³-hybridized carbons (Fsp3) is 0.750. The number of allylic oxidation sites excluding steroid dienone is 2. The molecule has 0 heterocycles. The fourth-order valence-electron chi connectivity index (χ4n) is 2.32. The summed E-state index contributed by atoms with van der Waals surface area (Å²) in [5.41, 5.74) is 0. The van der Waals surface area contributed by atoms with Gasteiger partial charge in [-0.1, -0.05) is 25.2 Å². The molecule has 1 aliphatic rings. The molecule has 4 unspecified atom stereocenters. The van der Waals surface area contributed by atoms with Crippen molar-refractivity contribution < 1.29 is 9.84 Å². The summed E-state index contributed by atoms with van der Waals surface area (Å²) in [7, 11) is 0. The fourth-order valence-corrected chi connectivity index (χ4v) is 2.32. The summed E-state index contributed by atoms with van der Waals surface area (Å²) < 4.78 is 5.65. The van der Waals surface area contributed by atoms with Gasteiger partial charge in [0.1, 0.15) is 0 Å². The van der Waals surface area contributed by atoms with E-state index in [0.717, 1.165) is 25.9 Å². The molecule has 4 atom stereocenters. The lowest BCUT2D eigenvalue weighted by atomic mass is 9.85. The van der Waals surface area contributed by atoms with Crippen LogP contribution in [0.5, 0.6) is 0 Å². The van der Waals surface area contributed by atoms with Crippen LogP contribution in [-0.2, 0) is 4.74 Å². The van der Waals surface area contributed by atoms with Crippen molar-refractivity contribution in [1.82, 2.24) is 5.32 Å². The first-order valence-corrected chi connectivity index (χ1v) is 7.38. The highest BCUT2D eigenvalue weighted by atomic mass is 16.5. The van der Waals surface area contributed by atoms with Gasteiger partial charge in [0, 0.05) is 12.6 Å².